The van der Waals surface area contributed by atoms with Crippen molar-refractivity contribution in [1.82, 2.24) is 9.88 Å². The van der Waals surface area contributed by atoms with Crippen molar-refractivity contribution < 1.29 is 18.7 Å². The summed E-state index contributed by atoms with van der Waals surface area (Å²) in [7, 11) is 0. The molecule has 0 N–H and O–H groups in total. The molecule has 0 radical (unpaired) electrons. The maximum Gasteiger partial charge on any atom is 0.311 e. The normalized spacial score (nSPS) is 17.5. The van der Waals surface area contributed by atoms with Gasteiger partial charge in [0.1, 0.15) is 12.4 Å². The van der Waals surface area contributed by atoms with E-state index < -0.39 is 0 Å². The molecule has 1 aliphatic heterocycles. The predicted octanol–water partition coefficient (Wildman–Crippen LogP) is 3.07. The topological polar surface area (TPSA) is 59.5 Å². The van der Waals surface area contributed by atoms with Crippen molar-refractivity contribution in [2.45, 2.75) is 32.8 Å². The first-order chi connectivity index (χ1) is 12.1. The Balaban J connectivity index is 1.67. The summed E-state index contributed by atoms with van der Waals surface area (Å²) >= 11 is 0. The lowest BCUT2D eigenvalue weighted by atomic mass is 9.98. The number of benzene rings is 1. The summed E-state index contributed by atoms with van der Waals surface area (Å²) in [5, 5.41) is 0.411. The van der Waals surface area contributed by atoms with Gasteiger partial charge in [-0.1, -0.05) is 13.0 Å². The number of carbonyl (C=O) groups is 2. The largest absolute Gasteiger partial charge is 0.460 e. The van der Waals surface area contributed by atoms with Gasteiger partial charge in [-0.2, -0.15) is 0 Å². The Hall–Kier alpha value is -2.50. The fraction of sp³-hybridized carbons (Fsp3) is 0.421. The van der Waals surface area contributed by atoms with Crippen molar-refractivity contribution in [3.63, 3.8) is 0 Å². The Labute approximate surface area is 145 Å². The number of hydrogen-bond donors (Lipinski definition) is 0. The van der Waals surface area contributed by atoms with Gasteiger partial charge in [0.25, 0.3) is 0 Å². The highest BCUT2D eigenvalue weighted by Gasteiger charge is 2.29. The molecular weight excluding hydrogens is 323 g/mol. The van der Waals surface area contributed by atoms with Crippen LogP contribution in [-0.2, 0) is 20.9 Å². The van der Waals surface area contributed by atoms with Crippen molar-refractivity contribution in [3.8, 4) is 0 Å². The van der Waals surface area contributed by atoms with Crippen molar-refractivity contribution >= 4 is 22.8 Å². The fourth-order valence-electron chi connectivity index (χ4n) is 3.20. The van der Waals surface area contributed by atoms with Crippen LogP contribution in [0.15, 0.2) is 30.5 Å². The van der Waals surface area contributed by atoms with Crippen molar-refractivity contribution in [3.05, 3.63) is 41.8 Å². The smallest absolute Gasteiger partial charge is 0.311 e. The van der Waals surface area contributed by atoms with Crippen LogP contribution in [-0.4, -0.2) is 34.8 Å². The van der Waals surface area contributed by atoms with Gasteiger partial charge in [-0.05, 0) is 31.0 Å². The molecule has 1 aliphatic rings. The molecule has 0 bridgehead atoms. The number of nitrogens with zero attached hydrogens (tertiary/aromatic N) is 2. The minimum Gasteiger partial charge on any atom is -0.460 e. The van der Waals surface area contributed by atoms with Crippen LogP contribution in [0.1, 0.15) is 31.7 Å². The predicted molar refractivity (Wildman–Crippen MR) is 91.1 cm³/mol. The Kier molecular flexibility index (Phi) is 5.26. The summed E-state index contributed by atoms with van der Waals surface area (Å²) in [6, 6.07) is 6.27. The molecule has 2 aromatic rings. The van der Waals surface area contributed by atoms with Crippen molar-refractivity contribution in [1.29, 1.82) is 0 Å². The zero-order chi connectivity index (χ0) is 17.8. The first kappa shape index (κ1) is 17.3. The summed E-state index contributed by atoms with van der Waals surface area (Å²) in [5.41, 5.74) is 1.17. The third-order valence-corrected chi connectivity index (χ3v) is 4.58. The number of amides is 1. The number of piperidine rings is 1. The van der Waals surface area contributed by atoms with E-state index in [1.54, 1.807) is 29.3 Å². The van der Waals surface area contributed by atoms with Crippen LogP contribution in [0, 0.1) is 11.7 Å². The first-order valence-corrected chi connectivity index (χ1v) is 8.56. The Bertz CT molecular complexity index is 793. The van der Waals surface area contributed by atoms with Gasteiger partial charge in [-0.25, -0.2) is 4.39 Å². The molecule has 6 heteroatoms. The molecule has 0 spiro atoms. The average Bonchev–Trinajstić information content (AvgIpc) is 2.67. The number of aromatic nitrogens is 1. The molecule has 1 amide bonds. The summed E-state index contributed by atoms with van der Waals surface area (Å²) < 4.78 is 19.3. The highest BCUT2D eigenvalue weighted by molar-refractivity contribution is 5.82. The number of hydrogen-bond acceptors (Lipinski definition) is 4. The summed E-state index contributed by atoms with van der Waals surface area (Å²) in [6.45, 7) is 2.97. The summed E-state index contributed by atoms with van der Waals surface area (Å²) in [4.78, 5) is 30.1. The zero-order valence-corrected chi connectivity index (χ0v) is 14.2. The SMILES string of the molecule is CCC(=O)N1CCCC(C(=O)OCc2ccc(F)c3cccnc23)C1. The van der Waals surface area contributed by atoms with Gasteiger partial charge in [-0.15, -0.1) is 0 Å². The number of halogens is 1. The molecule has 2 heterocycles. The molecule has 5 nitrogen and oxygen atoms in total. The van der Waals surface area contributed by atoms with Gasteiger partial charge in [-0.3, -0.25) is 14.6 Å². The fourth-order valence-corrected chi connectivity index (χ4v) is 3.20. The van der Waals surface area contributed by atoms with E-state index >= 15 is 0 Å². The standard InChI is InChI=1S/C19H21FN2O3/c1-2-17(23)22-10-4-5-13(11-22)19(24)25-12-14-7-8-16(20)15-6-3-9-21-18(14)15/h3,6-9,13H,2,4-5,10-12H2,1H3. The second-order valence-electron chi connectivity index (χ2n) is 6.25. The van der Waals surface area contributed by atoms with E-state index in [9.17, 15) is 14.0 Å². The first-order valence-electron chi connectivity index (χ1n) is 8.56. The third-order valence-electron chi connectivity index (χ3n) is 4.58. The van der Waals surface area contributed by atoms with Crippen LogP contribution in [0.3, 0.4) is 0 Å². The number of rotatable bonds is 4. The molecule has 1 saturated heterocycles. The van der Waals surface area contributed by atoms with Gasteiger partial charge in [0.05, 0.1) is 11.4 Å². The molecule has 0 saturated carbocycles. The lowest BCUT2D eigenvalue weighted by Crippen LogP contribution is -2.42. The van der Waals surface area contributed by atoms with E-state index in [2.05, 4.69) is 4.98 Å². The van der Waals surface area contributed by atoms with Crippen molar-refractivity contribution in [2.75, 3.05) is 13.1 Å². The third kappa shape index (κ3) is 3.78. The maximum atomic E-state index is 13.8. The minimum atomic E-state index is -0.348. The molecule has 1 aromatic heterocycles. The molecule has 132 valence electrons. The van der Waals surface area contributed by atoms with Gasteiger partial charge in [0.15, 0.2) is 0 Å². The van der Waals surface area contributed by atoms with Gasteiger partial charge < -0.3 is 9.64 Å². The maximum absolute atomic E-state index is 13.8. The van der Waals surface area contributed by atoms with Crippen LogP contribution < -0.4 is 0 Å². The molecule has 3 rings (SSSR count). The van der Waals surface area contributed by atoms with Crippen molar-refractivity contribution in [2.24, 2.45) is 5.92 Å². The molecular formula is C19H21FN2O3. The van der Waals surface area contributed by atoms with Crippen LogP contribution >= 0.6 is 0 Å². The highest BCUT2D eigenvalue weighted by atomic mass is 19.1. The average molecular weight is 344 g/mol. The van der Waals surface area contributed by atoms with Crippen LogP contribution in [0.25, 0.3) is 10.9 Å². The minimum absolute atomic E-state index is 0.0465. The Morgan fingerprint density at radius 2 is 2.20 bits per heavy atom. The number of pyridine rings is 1. The molecule has 1 aromatic carbocycles. The van der Waals surface area contributed by atoms with Crippen LogP contribution in [0.5, 0.6) is 0 Å². The van der Waals surface area contributed by atoms with Gasteiger partial charge >= 0.3 is 5.97 Å². The lowest BCUT2D eigenvalue weighted by Gasteiger charge is -2.31. The van der Waals surface area contributed by atoms with Gasteiger partial charge in [0, 0.05) is 36.7 Å². The number of fused-ring (bicyclic) bond motifs is 1. The number of esters is 1. The molecule has 0 aliphatic carbocycles. The zero-order valence-electron chi connectivity index (χ0n) is 14.2. The molecule has 25 heavy (non-hydrogen) atoms. The molecule has 1 fully saturated rings. The van der Waals surface area contributed by atoms with Crippen LogP contribution in [0.2, 0.25) is 0 Å². The van der Waals surface area contributed by atoms with E-state index in [-0.39, 0.29) is 30.2 Å². The van der Waals surface area contributed by atoms with Gasteiger partial charge in [0.2, 0.25) is 5.91 Å². The van der Waals surface area contributed by atoms with E-state index in [1.165, 1.54) is 6.07 Å². The molecule has 1 atom stereocenters. The molecule has 1 unspecified atom stereocenters. The second-order valence-corrected chi connectivity index (χ2v) is 6.25. The quantitative estimate of drug-likeness (QED) is 0.800. The van der Waals surface area contributed by atoms with E-state index in [4.69, 9.17) is 4.74 Å². The lowest BCUT2D eigenvalue weighted by molar-refractivity contribution is -0.153. The second kappa shape index (κ2) is 7.59. The summed E-state index contributed by atoms with van der Waals surface area (Å²) in [6.07, 6.45) is 3.54. The van der Waals surface area contributed by atoms with Crippen LogP contribution in [0.4, 0.5) is 4.39 Å². The summed E-state index contributed by atoms with van der Waals surface area (Å²) in [5.74, 6) is -0.906. The monoisotopic (exact) mass is 344 g/mol. The highest BCUT2D eigenvalue weighted by Crippen LogP contribution is 2.22. The Morgan fingerprint density at radius 1 is 1.36 bits per heavy atom. The Morgan fingerprint density at radius 3 is 3.00 bits per heavy atom. The number of ether oxygens (including phenoxy) is 1. The number of carbonyl (C=O) groups excluding carboxylic acids is 2. The number of likely N-dealkylation sites (tertiary alicyclic amines) is 1. The van der Waals surface area contributed by atoms with E-state index in [0.29, 0.717) is 36.0 Å². The van der Waals surface area contributed by atoms with E-state index in [0.717, 1.165) is 12.8 Å². The van der Waals surface area contributed by atoms with E-state index in [1.807, 2.05) is 6.92 Å².